The quantitative estimate of drug-likeness (QED) is 0.738. The normalized spacial score (nSPS) is 21.0. The highest BCUT2D eigenvalue weighted by Gasteiger charge is 2.28. The molecule has 1 saturated heterocycles. The minimum atomic E-state index is -0.345. The highest BCUT2D eigenvalue weighted by molar-refractivity contribution is 5.83. The van der Waals surface area contributed by atoms with Crippen molar-refractivity contribution in [2.75, 3.05) is 6.54 Å². The molecule has 1 heterocycles. The van der Waals surface area contributed by atoms with Crippen molar-refractivity contribution in [1.29, 1.82) is 0 Å². The van der Waals surface area contributed by atoms with Crippen LogP contribution >= 0.6 is 0 Å². The molecule has 0 saturated carbocycles. The van der Waals surface area contributed by atoms with E-state index in [1.807, 2.05) is 6.07 Å². The van der Waals surface area contributed by atoms with Gasteiger partial charge in [0.2, 0.25) is 5.91 Å². The van der Waals surface area contributed by atoms with E-state index in [1.165, 1.54) is 0 Å². The molecule has 2 rings (SSSR count). The molecule has 1 aromatic rings. The van der Waals surface area contributed by atoms with E-state index in [4.69, 9.17) is 5.73 Å². The Bertz CT molecular complexity index is 379. The van der Waals surface area contributed by atoms with Crippen molar-refractivity contribution in [3.8, 4) is 5.75 Å². The molecular formula is C11H14N2O2. The third kappa shape index (κ3) is 2.10. The first-order valence-corrected chi connectivity index (χ1v) is 4.99. The zero-order valence-electron chi connectivity index (χ0n) is 8.39. The van der Waals surface area contributed by atoms with Gasteiger partial charge < -0.3 is 15.7 Å². The number of hydrogen-bond donors (Lipinski definition) is 2. The van der Waals surface area contributed by atoms with Crippen LogP contribution in [0.1, 0.15) is 12.0 Å². The molecule has 1 atom stereocenters. The summed E-state index contributed by atoms with van der Waals surface area (Å²) in [5.74, 6) is 0.224. The van der Waals surface area contributed by atoms with Crippen molar-refractivity contribution >= 4 is 5.91 Å². The average Bonchev–Trinajstić information content (AvgIpc) is 2.50. The standard InChI is InChI=1S/C11H14N2O2/c12-10-4-5-13(11(10)15)7-8-2-1-3-9(14)6-8/h1-3,6,10,14H,4-5,7,12H2/t10-/m1/s1. The van der Waals surface area contributed by atoms with Crippen molar-refractivity contribution in [2.24, 2.45) is 5.73 Å². The molecule has 1 fully saturated rings. The van der Waals surface area contributed by atoms with Gasteiger partial charge in [0.15, 0.2) is 0 Å². The van der Waals surface area contributed by atoms with Gasteiger partial charge in [0, 0.05) is 13.1 Å². The molecule has 1 aliphatic heterocycles. The van der Waals surface area contributed by atoms with Crippen LogP contribution in [-0.4, -0.2) is 28.5 Å². The SMILES string of the molecule is N[C@@H]1CCN(Cc2cccc(O)c2)C1=O. The topological polar surface area (TPSA) is 66.6 Å². The Morgan fingerprint density at radius 3 is 2.93 bits per heavy atom. The summed E-state index contributed by atoms with van der Waals surface area (Å²) in [5.41, 5.74) is 6.54. The summed E-state index contributed by atoms with van der Waals surface area (Å²) in [5, 5.41) is 9.28. The molecule has 0 unspecified atom stereocenters. The van der Waals surface area contributed by atoms with Gasteiger partial charge in [-0.2, -0.15) is 0 Å². The molecule has 3 N–H and O–H groups in total. The minimum Gasteiger partial charge on any atom is -0.508 e. The van der Waals surface area contributed by atoms with E-state index in [9.17, 15) is 9.90 Å². The van der Waals surface area contributed by atoms with Crippen LogP contribution < -0.4 is 5.73 Å². The van der Waals surface area contributed by atoms with E-state index in [0.717, 1.165) is 12.0 Å². The first kappa shape index (κ1) is 9.98. The van der Waals surface area contributed by atoms with Crippen molar-refractivity contribution in [1.82, 2.24) is 4.90 Å². The maximum Gasteiger partial charge on any atom is 0.239 e. The van der Waals surface area contributed by atoms with Crippen molar-refractivity contribution < 1.29 is 9.90 Å². The smallest absolute Gasteiger partial charge is 0.239 e. The highest BCUT2D eigenvalue weighted by atomic mass is 16.3. The fourth-order valence-corrected chi connectivity index (χ4v) is 1.80. The van der Waals surface area contributed by atoms with Gasteiger partial charge in [-0.1, -0.05) is 12.1 Å². The van der Waals surface area contributed by atoms with Crippen LogP contribution in [0.4, 0.5) is 0 Å². The average molecular weight is 206 g/mol. The summed E-state index contributed by atoms with van der Waals surface area (Å²) in [6.07, 6.45) is 0.720. The molecule has 0 bridgehead atoms. The van der Waals surface area contributed by atoms with Crippen LogP contribution in [0.5, 0.6) is 5.75 Å². The fourth-order valence-electron chi connectivity index (χ4n) is 1.80. The maximum atomic E-state index is 11.5. The lowest BCUT2D eigenvalue weighted by molar-refractivity contribution is -0.129. The molecule has 1 aliphatic rings. The summed E-state index contributed by atoms with van der Waals surface area (Å²) in [4.78, 5) is 13.3. The maximum absolute atomic E-state index is 11.5. The second-order valence-electron chi connectivity index (χ2n) is 3.82. The van der Waals surface area contributed by atoms with Crippen LogP contribution in [-0.2, 0) is 11.3 Å². The number of rotatable bonds is 2. The number of carbonyl (C=O) groups is 1. The molecule has 0 aromatic heterocycles. The monoisotopic (exact) mass is 206 g/mol. The zero-order valence-corrected chi connectivity index (χ0v) is 8.39. The Morgan fingerprint density at radius 1 is 1.53 bits per heavy atom. The van der Waals surface area contributed by atoms with E-state index in [1.54, 1.807) is 23.1 Å². The van der Waals surface area contributed by atoms with E-state index >= 15 is 0 Å². The first-order valence-electron chi connectivity index (χ1n) is 4.99. The largest absolute Gasteiger partial charge is 0.508 e. The molecule has 0 aliphatic carbocycles. The molecule has 0 spiro atoms. The summed E-state index contributed by atoms with van der Waals surface area (Å²) in [7, 11) is 0. The van der Waals surface area contributed by atoms with Crippen LogP contribution in [0.2, 0.25) is 0 Å². The second kappa shape index (κ2) is 3.90. The van der Waals surface area contributed by atoms with E-state index < -0.39 is 0 Å². The van der Waals surface area contributed by atoms with Crippen molar-refractivity contribution in [3.63, 3.8) is 0 Å². The van der Waals surface area contributed by atoms with Gasteiger partial charge in [-0.3, -0.25) is 4.79 Å². The van der Waals surface area contributed by atoms with E-state index in [0.29, 0.717) is 13.1 Å². The van der Waals surface area contributed by atoms with Gasteiger partial charge in [0.25, 0.3) is 0 Å². The Labute approximate surface area is 88.3 Å². The molecule has 80 valence electrons. The van der Waals surface area contributed by atoms with Gasteiger partial charge in [-0.15, -0.1) is 0 Å². The zero-order chi connectivity index (χ0) is 10.8. The molecule has 15 heavy (non-hydrogen) atoms. The predicted molar refractivity (Wildman–Crippen MR) is 56.1 cm³/mol. The lowest BCUT2D eigenvalue weighted by Crippen LogP contribution is -2.33. The first-order chi connectivity index (χ1) is 7.16. The van der Waals surface area contributed by atoms with Gasteiger partial charge in [0.05, 0.1) is 6.04 Å². The molecule has 4 heteroatoms. The van der Waals surface area contributed by atoms with E-state index in [2.05, 4.69) is 0 Å². The molecule has 1 aromatic carbocycles. The van der Waals surface area contributed by atoms with Crippen LogP contribution in [0.15, 0.2) is 24.3 Å². The van der Waals surface area contributed by atoms with Gasteiger partial charge in [-0.25, -0.2) is 0 Å². The lowest BCUT2D eigenvalue weighted by Gasteiger charge is -2.15. The number of aromatic hydroxyl groups is 1. The fraction of sp³-hybridized carbons (Fsp3) is 0.364. The van der Waals surface area contributed by atoms with Crippen LogP contribution in [0.25, 0.3) is 0 Å². The summed E-state index contributed by atoms with van der Waals surface area (Å²) >= 11 is 0. The number of amides is 1. The number of phenolic OH excluding ortho intramolecular Hbond substituents is 1. The lowest BCUT2D eigenvalue weighted by atomic mass is 10.2. The van der Waals surface area contributed by atoms with Crippen molar-refractivity contribution in [2.45, 2.75) is 19.0 Å². The summed E-state index contributed by atoms with van der Waals surface area (Å²) < 4.78 is 0. The Hall–Kier alpha value is -1.55. The Balaban J connectivity index is 2.06. The third-order valence-electron chi connectivity index (χ3n) is 2.62. The Kier molecular flexibility index (Phi) is 2.60. The third-order valence-corrected chi connectivity index (χ3v) is 2.62. The molecule has 0 radical (unpaired) electrons. The van der Waals surface area contributed by atoms with Gasteiger partial charge >= 0.3 is 0 Å². The van der Waals surface area contributed by atoms with Crippen LogP contribution in [0.3, 0.4) is 0 Å². The number of hydrogen-bond acceptors (Lipinski definition) is 3. The highest BCUT2D eigenvalue weighted by Crippen LogP contribution is 2.16. The van der Waals surface area contributed by atoms with Crippen molar-refractivity contribution in [3.05, 3.63) is 29.8 Å². The summed E-state index contributed by atoms with van der Waals surface area (Å²) in [6, 6.07) is 6.59. The number of nitrogens with zero attached hydrogens (tertiary/aromatic N) is 1. The second-order valence-corrected chi connectivity index (χ2v) is 3.82. The summed E-state index contributed by atoms with van der Waals surface area (Å²) in [6.45, 7) is 1.23. The van der Waals surface area contributed by atoms with Gasteiger partial charge in [-0.05, 0) is 24.1 Å². The number of carbonyl (C=O) groups excluding carboxylic acids is 1. The number of likely N-dealkylation sites (tertiary alicyclic amines) is 1. The Morgan fingerprint density at radius 2 is 2.33 bits per heavy atom. The number of phenols is 1. The molecule has 4 nitrogen and oxygen atoms in total. The van der Waals surface area contributed by atoms with Crippen LogP contribution in [0, 0.1) is 0 Å². The predicted octanol–water partition coefficient (Wildman–Crippen LogP) is 0.452. The minimum absolute atomic E-state index is 0.00153. The van der Waals surface area contributed by atoms with E-state index in [-0.39, 0.29) is 17.7 Å². The number of nitrogens with two attached hydrogens (primary N) is 1. The number of benzene rings is 1. The molecule has 1 amide bonds. The van der Waals surface area contributed by atoms with Gasteiger partial charge in [0.1, 0.15) is 5.75 Å². The molecular weight excluding hydrogens is 192 g/mol.